The van der Waals surface area contributed by atoms with Crippen molar-refractivity contribution in [1.82, 2.24) is 9.80 Å². The van der Waals surface area contributed by atoms with Gasteiger partial charge in [-0.2, -0.15) is 0 Å². The Morgan fingerprint density at radius 3 is 2.35 bits per heavy atom. The van der Waals surface area contributed by atoms with Crippen LogP contribution in [-0.4, -0.2) is 59.9 Å². The summed E-state index contributed by atoms with van der Waals surface area (Å²) in [7, 11) is 1.60. The lowest BCUT2D eigenvalue weighted by atomic mass is 9.88. The number of nitrogens with zero attached hydrogens (tertiary/aromatic N) is 2. The zero-order valence-electron chi connectivity index (χ0n) is 20.3. The first kappa shape index (κ1) is 24.0. The van der Waals surface area contributed by atoms with Crippen molar-refractivity contribution in [2.75, 3.05) is 33.3 Å². The van der Waals surface area contributed by atoms with E-state index in [1.54, 1.807) is 12.0 Å². The van der Waals surface area contributed by atoms with E-state index >= 15 is 0 Å². The van der Waals surface area contributed by atoms with Gasteiger partial charge in [0.25, 0.3) is 11.7 Å². The first-order valence-corrected chi connectivity index (χ1v) is 12.2. The molecule has 0 bridgehead atoms. The number of amides is 1. The van der Waals surface area contributed by atoms with E-state index < -0.39 is 17.7 Å². The topological polar surface area (TPSA) is 70.1 Å². The van der Waals surface area contributed by atoms with Crippen LogP contribution in [0.1, 0.15) is 55.0 Å². The Morgan fingerprint density at radius 1 is 1.03 bits per heavy atom. The van der Waals surface area contributed by atoms with Gasteiger partial charge in [0, 0.05) is 18.7 Å². The van der Waals surface area contributed by atoms with Gasteiger partial charge in [0.05, 0.1) is 18.7 Å². The number of benzene rings is 2. The Hall–Kier alpha value is -3.12. The minimum Gasteiger partial charge on any atom is -0.507 e. The number of carbonyl (C=O) groups is 2. The maximum Gasteiger partial charge on any atom is 0.295 e. The molecule has 1 unspecified atom stereocenters. The average Bonchev–Trinajstić information content (AvgIpc) is 3.13. The average molecular weight is 463 g/mol. The monoisotopic (exact) mass is 462 g/mol. The maximum absolute atomic E-state index is 13.3. The van der Waals surface area contributed by atoms with Gasteiger partial charge in [0.15, 0.2) is 0 Å². The van der Waals surface area contributed by atoms with E-state index in [2.05, 4.69) is 18.7 Å². The van der Waals surface area contributed by atoms with Crippen molar-refractivity contribution in [2.45, 2.75) is 45.6 Å². The summed E-state index contributed by atoms with van der Waals surface area (Å²) in [5, 5.41) is 11.4. The summed E-state index contributed by atoms with van der Waals surface area (Å²) < 4.78 is 5.29. The summed E-state index contributed by atoms with van der Waals surface area (Å²) in [4.78, 5) is 30.3. The molecular formula is C28H34N2O4. The minimum atomic E-state index is -0.641. The lowest BCUT2D eigenvalue weighted by Gasteiger charge is -2.28. The van der Waals surface area contributed by atoms with Crippen LogP contribution in [0.3, 0.4) is 0 Å². The molecule has 6 nitrogen and oxygen atoms in total. The highest BCUT2D eigenvalue weighted by Gasteiger charge is 2.46. The third-order valence-electron chi connectivity index (χ3n) is 7.14. The fourth-order valence-electron chi connectivity index (χ4n) is 5.07. The van der Waals surface area contributed by atoms with Gasteiger partial charge in [-0.25, -0.2) is 0 Å². The Labute approximate surface area is 201 Å². The Balaban J connectivity index is 1.78. The molecule has 1 aliphatic heterocycles. The van der Waals surface area contributed by atoms with E-state index in [1.807, 2.05) is 42.5 Å². The summed E-state index contributed by atoms with van der Waals surface area (Å²) in [5.41, 5.74) is 4.05. The second-order valence-electron chi connectivity index (χ2n) is 8.98. The highest BCUT2D eigenvalue weighted by molar-refractivity contribution is 6.46. The highest BCUT2D eigenvalue weighted by atomic mass is 16.5. The van der Waals surface area contributed by atoms with Gasteiger partial charge in [-0.1, -0.05) is 38.1 Å². The number of likely N-dealkylation sites (N-methyl/N-ethyl adjacent to an activating group) is 1. The smallest absolute Gasteiger partial charge is 0.295 e. The van der Waals surface area contributed by atoms with Crippen LogP contribution in [0.5, 0.6) is 5.75 Å². The molecule has 180 valence electrons. The molecule has 2 aromatic carbocycles. The molecule has 1 saturated heterocycles. The number of rotatable bonds is 8. The van der Waals surface area contributed by atoms with Gasteiger partial charge < -0.3 is 19.6 Å². The lowest BCUT2D eigenvalue weighted by molar-refractivity contribution is -0.140. The van der Waals surface area contributed by atoms with E-state index in [4.69, 9.17) is 4.74 Å². The van der Waals surface area contributed by atoms with E-state index in [-0.39, 0.29) is 11.3 Å². The van der Waals surface area contributed by atoms with Gasteiger partial charge in [0.1, 0.15) is 11.5 Å². The first-order valence-electron chi connectivity index (χ1n) is 12.2. The number of aliphatic hydroxyl groups is 1. The van der Waals surface area contributed by atoms with E-state index in [9.17, 15) is 14.7 Å². The molecule has 1 aliphatic carbocycles. The predicted molar refractivity (Wildman–Crippen MR) is 133 cm³/mol. The van der Waals surface area contributed by atoms with E-state index in [0.29, 0.717) is 24.4 Å². The summed E-state index contributed by atoms with van der Waals surface area (Å²) >= 11 is 0. The Kier molecular flexibility index (Phi) is 7.37. The molecule has 0 spiro atoms. The SMILES string of the molecule is CCN(CC)CCN1C(=O)C(=O)/C(=C(\O)c2ccc3c(c2)CCCC3)C1c1ccc(OC)cc1. The molecule has 4 rings (SSSR count). The summed E-state index contributed by atoms with van der Waals surface area (Å²) in [5.74, 6) is -0.598. The quantitative estimate of drug-likeness (QED) is 0.359. The molecule has 1 fully saturated rings. The molecule has 0 radical (unpaired) electrons. The number of aryl methyl sites for hydroxylation is 2. The molecule has 6 heteroatoms. The zero-order valence-corrected chi connectivity index (χ0v) is 20.3. The number of aliphatic hydroxyl groups excluding tert-OH is 1. The minimum absolute atomic E-state index is 0.0992. The van der Waals surface area contributed by atoms with Crippen LogP contribution in [0.2, 0.25) is 0 Å². The number of methoxy groups -OCH3 is 1. The van der Waals surface area contributed by atoms with E-state index in [0.717, 1.165) is 37.9 Å². The molecule has 2 aromatic rings. The zero-order chi connectivity index (χ0) is 24.2. The molecule has 0 saturated carbocycles. The summed E-state index contributed by atoms with van der Waals surface area (Å²) in [6.07, 6.45) is 4.31. The molecule has 2 aliphatic rings. The highest BCUT2D eigenvalue weighted by Crippen LogP contribution is 2.40. The normalized spacial score (nSPS) is 19.5. The van der Waals surface area contributed by atoms with Crippen molar-refractivity contribution in [3.05, 3.63) is 70.3 Å². The van der Waals surface area contributed by atoms with Crippen LogP contribution in [0.15, 0.2) is 48.0 Å². The van der Waals surface area contributed by atoms with Crippen molar-refractivity contribution in [3.8, 4) is 5.75 Å². The van der Waals surface area contributed by atoms with Crippen molar-refractivity contribution in [1.29, 1.82) is 0 Å². The second kappa shape index (κ2) is 10.4. The molecule has 1 N–H and O–H groups in total. The van der Waals surface area contributed by atoms with Crippen LogP contribution >= 0.6 is 0 Å². The van der Waals surface area contributed by atoms with Gasteiger partial charge in [-0.3, -0.25) is 9.59 Å². The van der Waals surface area contributed by atoms with Crippen LogP contribution in [-0.2, 0) is 22.4 Å². The molecule has 1 atom stereocenters. The molecular weight excluding hydrogens is 428 g/mol. The Bertz CT molecular complexity index is 1090. The van der Waals surface area contributed by atoms with Crippen molar-refractivity contribution in [2.24, 2.45) is 0 Å². The molecule has 1 heterocycles. The Morgan fingerprint density at radius 2 is 1.71 bits per heavy atom. The first-order chi connectivity index (χ1) is 16.5. The largest absolute Gasteiger partial charge is 0.507 e. The second-order valence-corrected chi connectivity index (χ2v) is 8.98. The lowest BCUT2D eigenvalue weighted by Crippen LogP contribution is -2.38. The number of ether oxygens (including phenoxy) is 1. The number of likely N-dealkylation sites (tertiary alicyclic amines) is 1. The standard InChI is InChI=1S/C28H34N2O4/c1-4-29(5-2)16-17-30-25(20-12-14-23(34-3)15-13-20)24(27(32)28(30)33)26(31)22-11-10-19-8-6-7-9-21(19)18-22/h10-15,18,25,31H,4-9,16-17H2,1-3H3/b26-24-. The molecule has 0 aromatic heterocycles. The van der Waals surface area contributed by atoms with Crippen LogP contribution < -0.4 is 4.74 Å². The number of hydrogen-bond acceptors (Lipinski definition) is 5. The summed E-state index contributed by atoms with van der Waals surface area (Å²) in [6.45, 7) is 6.95. The number of fused-ring (bicyclic) bond motifs is 1. The fraction of sp³-hybridized carbons (Fsp3) is 0.429. The molecule has 34 heavy (non-hydrogen) atoms. The third kappa shape index (κ3) is 4.60. The van der Waals surface area contributed by atoms with Crippen molar-refractivity contribution < 1.29 is 19.4 Å². The molecule has 1 amide bonds. The number of ketones is 1. The van der Waals surface area contributed by atoms with Crippen LogP contribution in [0.25, 0.3) is 5.76 Å². The fourth-order valence-corrected chi connectivity index (χ4v) is 5.07. The van der Waals surface area contributed by atoms with E-state index in [1.165, 1.54) is 17.5 Å². The van der Waals surface area contributed by atoms with Gasteiger partial charge in [-0.15, -0.1) is 0 Å². The number of hydrogen-bond donors (Lipinski definition) is 1. The predicted octanol–water partition coefficient (Wildman–Crippen LogP) is 4.34. The summed E-state index contributed by atoms with van der Waals surface area (Å²) in [6, 6.07) is 12.6. The van der Waals surface area contributed by atoms with Gasteiger partial charge in [0.2, 0.25) is 0 Å². The van der Waals surface area contributed by atoms with Crippen LogP contribution in [0.4, 0.5) is 0 Å². The van der Waals surface area contributed by atoms with Crippen LogP contribution in [0, 0.1) is 0 Å². The number of carbonyl (C=O) groups excluding carboxylic acids is 2. The van der Waals surface area contributed by atoms with Crippen molar-refractivity contribution in [3.63, 3.8) is 0 Å². The maximum atomic E-state index is 13.3. The van der Waals surface area contributed by atoms with Gasteiger partial charge >= 0.3 is 0 Å². The third-order valence-corrected chi connectivity index (χ3v) is 7.14. The van der Waals surface area contributed by atoms with Crippen molar-refractivity contribution >= 4 is 17.4 Å². The van der Waals surface area contributed by atoms with Gasteiger partial charge in [-0.05, 0) is 73.7 Å². The number of Topliss-reactive ketones (excluding diaryl/α,β-unsaturated/α-hetero) is 1.